The molecule has 23 heavy (non-hydrogen) atoms. The standard InChI is InChI=1S/C18H24FNO3/c1-11-5-4-6-16(13(11)3)20-17(21)10-23-18(22)14-8-7-12(2)15(19)9-14/h7-9,11,13,16H,4-6,10H2,1-3H3,(H,20,21)/t11-,13+,16+/m1/s1. The number of benzene rings is 1. The number of rotatable bonds is 4. The molecule has 0 aromatic heterocycles. The van der Waals surface area contributed by atoms with Gasteiger partial charge in [-0.3, -0.25) is 4.79 Å². The van der Waals surface area contributed by atoms with Gasteiger partial charge in [0.2, 0.25) is 0 Å². The van der Waals surface area contributed by atoms with E-state index in [9.17, 15) is 14.0 Å². The number of esters is 1. The van der Waals surface area contributed by atoms with Gasteiger partial charge in [-0.25, -0.2) is 9.18 Å². The predicted molar refractivity (Wildman–Crippen MR) is 85.5 cm³/mol. The van der Waals surface area contributed by atoms with E-state index in [2.05, 4.69) is 19.2 Å². The molecule has 1 N–H and O–H groups in total. The average molecular weight is 321 g/mol. The Balaban J connectivity index is 1.84. The molecule has 1 amide bonds. The van der Waals surface area contributed by atoms with E-state index in [1.165, 1.54) is 18.6 Å². The maximum Gasteiger partial charge on any atom is 0.338 e. The third kappa shape index (κ3) is 4.53. The lowest BCUT2D eigenvalue weighted by atomic mass is 9.78. The molecule has 0 spiro atoms. The molecule has 1 aromatic carbocycles. The van der Waals surface area contributed by atoms with Crippen molar-refractivity contribution in [2.75, 3.05) is 6.61 Å². The summed E-state index contributed by atoms with van der Waals surface area (Å²) in [5.41, 5.74) is 0.570. The second-order valence-corrected chi connectivity index (χ2v) is 6.48. The van der Waals surface area contributed by atoms with Crippen molar-refractivity contribution in [2.24, 2.45) is 11.8 Å². The highest BCUT2D eigenvalue weighted by Gasteiger charge is 2.28. The van der Waals surface area contributed by atoms with E-state index in [-0.39, 0.29) is 24.1 Å². The number of hydrogen-bond donors (Lipinski definition) is 1. The van der Waals surface area contributed by atoms with Crippen molar-refractivity contribution < 1.29 is 18.7 Å². The molecule has 126 valence electrons. The molecule has 2 rings (SSSR count). The molecule has 5 heteroatoms. The van der Waals surface area contributed by atoms with Gasteiger partial charge in [-0.15, -0.1) is 0 Å². The number of aryl methyl sites for hydroxylation is 1. The fourth-order valence-corrected chi connectivity index (χ4v) is 2.97. The Morgan fingerprint density at radius 2 is 2.04 bits per heavy atom. The molecule has 0 unspecified atom stereocenters. The minimum Gasteiger partial charge on any atom is -0.452 e. The van der Waals surface area contributed by atoms with E-state index in [1.54, 1.807) is 6.92 Å². The molecule has 1 aliphatic carbocycles. The number of hydrogen-bond acceptors (Lipinski definition) is 3. The molecule has 4 nitrogen and oxygen atoms in total. The van der Waals surface area contributed by atoms with Crippen LogP contribution in [-0.2, 0) is 9.53 Å². The summed E-state index contributed by atoms with van der Waals surface area (Å²) in [4.78, 5) is 23.8. The van der Waals surface area contributed by atoms with Gasteiger partial charge < -0.3 is 10.1 Å². The lowest BCUT2D eigenvalue weighted by Gasteiger charge is -2.34. The van der Waals surface area contributed by atoms with Crippen LogP contribution in [0.1, 0.15) is 49.0 Å². The van der Waals surface area contributed by atoms with Crippen molar-refractivity contribution in [3.8, 4) is 0 Å². The van der Waals surface area contributed by atoms with Gasteiger partial charge in [-0.2, -0.15) is 0 Å². The number of halogens is 1. The lowest BCUT2D eigenvalue weighted by Crippen LogP contribution is -2.45. The van der Waals surface area contributed by atoms with E-state index in [0.717, 1.165) is 18.9 Å². The van der Waals surface area contributed by atoms with E-state index in [0.29, 0.717) is 17.4 Å². The first-order valence-electron chi connectivity index (χ1n) is 8.11. The Morgan fingerprint density at radius 1 is 1.30 bits per heavy atom. The van der Waals surface area contributed by atoms with Crippen molar-refractivity contribution in [3.05, 3.63) is 35.1 Å². The van der Waals surface area contributed by atoms with Crippen molar-refractivity contribution in [2.45, 2.75) is 46.1 Å². The van der Waals surface area contributed by atoms with Crippen LogP contribution in [0, 0.1) is 24.6 Å². The Hall–Kier alpha value is -1.91. The Kier molecular flexibility index (Phi) is 5.74. The van der Waals surface area contributed by atoms with E-state index >= 15 is 0 Å². The zero-order chi connectivity index (χ0) is 17.0. The highest BCUT2D eigenvalue weighted by molar-refractivity contribution is 5.91. The molecule has 3 atom stereocenters. The summed E-state index contributed by atoms with van der Waals surface area (Å²) in [6.07, 6.45) is 3.23. The topological polar surface area (TPSA) is 55.4 Å². The molecule has 1 saturated carbocycles. The van der Waals surface area contributed by atoms with Crippen LogP contribution in [-0.4, -0.2) is 24.5 Å². The van der Waals surface area contributed by atoms with Gasteiger partial charge in [0.25, 0.3) is 5.91 Å². The van der Waals surface area contributed by atoms with Crippen LogP contribution in [0.5, 0.6) is 0 Å². The fourth-order valence-electron chi connectivity index (χ4n) is 2.97. The average Bonchev–Trinajstić information content (AvgIpc) is 2.52. The first-order valence-corrected chi connectivity index (χ1v) is 8.11. The zero-order valence-electron chi connectivity index (χ0n) is 13.9. The zero-order valence-corrected chi connectivity index (χ0v) is 13.9. The first kappa shape index (κ1) is 17.4. The maximum absolute atomic E-state index is 13.4. The third-order valence-electron chi connectivity index (χ3n) is 4.80. The predicted octanol–water partition coefficient (Wildman–Crippen LogP) is 3.23. The Morgan fingerprint density at radius 3 is 2.74 bits per heavy atom. The molecule has 0 aliphatic heterocycles. The van der Waals surface area contributed by atoms with Gasteiger partial charge in [0.15, 0.2) is 6.61 Å². The van der Waals surface area contributed by atoms with E-state index < -0.39 is 11.8 Å². The van der Waals surface area contributed by atoms with Crippen LogP contribution >= 0.6 is 0 Å². The number of amides is 1. The lowest BCUT2D eigenvalue weighted by molar-refractivity contribution is -0.125. The monoisotopic (exact) mass is 321 g/mol. The molecule has 1 aromatic rings. The summed E-state index contributed by atoms with van der Waals surface area (Å²) in [6.45, 7) is 5.60. The minimum absolute atomic E-state index is 0.112. The van der Waals surface area contributed by atoms with Gasteiger partial charge in [0.1, 0.15) is 5.82 Å². The molecular weight excluding hydrogens is 297 g/mol. The second-order valence-electron chi connectivity index (χ2n) is 6.48. The third-order valence-corrected chi connectivity index (χ3v) is 4.80. The molecule has 0 heterocycles. The summed E-state index contributed by atoms with van der Waals surface area (Å²) in [5, 5.41) is 2.94. The van der Waals surface area contributed by atoms with E-state index in [1.807, 2.05) is 0 Å². The first-order chi connectivity index (χ1) is 10.9. The minimum atomic E-state index is -0.691. The van der Waals surface area contributed by atoms with Gasteiger partial charge in [0.05, 0.1) is 5.56 Å². The summed E-state index contributed by atoms with van der Waals surface area (Å²) < 4.78 is 18.4. The second kappa shape index (κ2) is 7.57. The Labute approximate surface area is 136 Å². The Bertz CT molecular complexity index is 588. The van der Waals surface area contributed by atoms with E-state index in [4.69, 9.17) is 4.74 Å². The van der Waals surface area contributed by atoms with Crippen LogP contribution in [0.2, 0.25) is 0 Å². The van der Waals surface area contributed by atoms with Gasteiger partial charge >= 0.3 is 5.97 Å². The number of carbonyl (C=O) groups is 2. The van der Waals surface area contributed by atoms with Crippen molar-refractivity contribution >= 4 is 11.9 Å². The maximum atomic E-state index is 13.4. The van der Waals surface area contributed by atoms with Crippen LogP contribution in [0.25, 0.3) is 0 Å². The number of carbonyl (C=O) groups excluding carboxylic acids is 2. The summed E-state index contributed by atoms with van der Waals surface area (Å²) in [7, 11) is 0. The molecular formula is C18H24FNO3. The van der Waals surface area contributed by atoms with Crippen LogP contribution < -0.4 is 5.32 Å². The normalized spacial score (nSPS) is 24.1. The summed E-state index contributed by atoms with van der Waals surface area (Å²) in [6, 6.07) is 4.25. The molecule has 0 saturated heterocycles. The SMILES string of the molecule is Cc1ccc(C(=O)OCC(=O)N[C@H]2CCC[C@@H](C)[C@@H]2C)cc1F. The van der Waals surface area contributed by atoms with Gasteiger partial charge in [-0.05, 0) is 42.9 Å². The highest BCUT2D eigenvalue weighted by atomic mass is 19.1. The number of nitrogens with one attached hydrogen (secondary N) is 1. The summed E-state index contributed by atoms with van der Waals surface area (Å²) >= 11 is 0. The molecule has 0 bridgehead atoms. The van der Waals surface area contributed by atoms with Gasteiger partial charge in [-0.1, -0.05) is 32.8 Å². The quantitative estimate of drug-likeness (QED) is 0.866. The molecule has 0 radical (unpaired) electrons. The van der Waals surface area contributed by atoms with Crippen molar-refractivity contribution in [1.82, 2.24) is 5.32 Å². The fraction of sp³-hybridized carbons (Fsp3) is 0.556. The van der Waals surface area contributed by atoms with Crippen molar-refractivity contribution in [3.63, 3.8) is 0 Å². The van der Waals surface area contributed by atoms with Crippen molar-refractivity contribution in [1.29, 1.82) is 0 Å². The molecule has 1 aliphatic rings. The number of ether oxygens (including phenoxy) is 1. The molecule has 1 fully saturated rings. The van der Waals surface area contributed by atoms with Gasteiger partial charge in [0, 0.05) is 6.04 Å². The largest absolute Gasteiger partial charge is 0.452 e. The highest BCUT2D eigenvalue weighted by Crippen LogP contribution is 2.29. The summed E-state index contributed by atoms with van der Waals surface area (Å²) in [5.74, 6) is -0.475. The van der Waals surface area contributed by atoms with Crippen LogP contribution in [0.3, 0.4) is 0 Å². The van der Waals surface area contributed by atoms with Crippen LogP contribution in [0.4, 0.5) is 4.39 Å². The van der Waals surface area contributed by atoms with Crippen LogP contribution in [0.15, 0.2) is 18.2 Å². The smallest absolute Gasteiger partial charge is 0.338 e.